The number of anilines is 1. The van der Waals surface area contributed by atoms with Crippen LogP contribution in [0.15, 0.2) is 58.3 Å². The van der Waals surface area contributed by atoms with Gasteiger partial charge in [-0.2, -0.15) is 0 Å². The van der Waals surface area contributed by atoms with Crippen molar-refractivity contribution in [2.75, 3.05) is 11.3 Å². The number of imide groups is 1. The largest absolute Gasteiger partial charge is 0.293 e. The lowest BCUT2D eigenvalue weighted by Crippen LogP contribution is -2.39. The Morgan fingerprint density at radius 1 is 1.00 bits per heavy atom. The SMILES string of the molecule is Cc1ccc(S(=O)(=O)Nc2ccc(/C=C3\SC(=O)N(CC4(C)CCCCC4)C3=O)cc2)cc1. The fourth-order valence-electron chi connectivity index (χ4n) is 4.31. The van der Waals surface area contributed by atoms with Gasteiger partial charge in [-0.1, -0.05) is 56.0 Å². The van der Waals surface area contributed by atoms with Crippen molar-refractivity contribution in [2.24, 2.45) is 5.41 Å². The van der Waals surface area contributed by atoms with Gasteiger partial charge in [0.05, 0.1) is 9.80 Å². The van der Waals surface area contributed by atoms with Gasteiger partial charge in [-0.25, -0.2) is 8.42 Å². The van der Waals surface area contributed by atoms with Gasteiger partial charge >= 0.3 is 0 Å². The van der Waals surface area contributed by atoms with E-state index in [0.717, 1.165) is 48.6 Å². The summed E-state index contributed by atoms with van der Waals surface area (Å²) in [6.07, 6.45) is 7.26. The number of hydrogen-bond donors (Lipinski definition) is 1. The lowest BCUT2D eigenvalue weighted by atomic mass is 9.75. The highest BCUT2D eigenvalue weighted by Crippen LogP contribution is 2.40. The molecule has 1 N–H and O–H groups in total. The van der Waals surface area contributed by atoms with Crippen molar-refractivity contribution in [3.8, 4) is 0 Å². The number of hydrogen-bond acceptors (Lipinski definition) is 5. The van der Waals surface area contributed by atoms with Crippen LogP contribution in [0, 0.1) is 12.3 Å². The molecule has 2 aliphatic rings. The molecule has 2 fully saturated rings. The summed E-state index contributed by atoms with van der Waals surface area (Å²) in [4.78, 5) is 27.4. The van der Waals surface area contributed by atoms with Crippen molar-refractivity contribution in [2.45, 2.75) is 50.8 Å². The van der Waals surface area contributed by atoms with Crippen molar-refractivity contribution in [3.63, 3.8) is 0 Å². The Balaban J connectivity index is 1.44. The van der Waals surface area contributed by atoms with Crippen molar-refractivity contribution in [3.05, 3.63) is 64.6 Å². The molecular formula is C25H28N2O4S2. The van der Waals surface area contributed by atoms with Crippen LogP contribution in [0.25, 0.3) is 6.08 Å². The number of nitrogens with one attached hydrogen (secondary N) is 1. The second-order valence-corrected chi connectivity index (χ2v) is 11.9. The third-order valence-electron chi connectivity index (χ3n) is 6.27. The number of aryl methyl sites for hydroxylation is 1. The second-order valence-electron chi connectivity index (χ2n) is 9.18. The summed E-state index contributed by atoms with van der Waals surface area (Å²) in [7, 11) is -3.68. The van der Waals surface area contributed by atoms with Crippen LogP contribution < -0.4 is 4.72 Å². The number of nitrogens with zero attached hydrogens (tertiary/aromatic N) is 1. The van der Waals surface area contributed by atoms with E-state index in [1.807, 2.05) is 6.92 Å². The van der Waals surface area contributed by atoms with Crippen LogP contribution >= 0.6 is 11.8 Å². The molecule has 2 aromatic carbocycles. The normalized spacial score (nSPS) is 19.8. The van der Waals surface area contributed by atoms with Crippen molar-refractivity contribution in [1.29, 1.82) is 0 Å². The average Bonchev–Trinajstić information content (AvgIpc) is 3.03. The maximum Gasteiger partial charge on any atom is 0.293 e. The molecule has 4 rings (SSSR count). The maximum absolute atomic E-state index is 12.9. The Labute approximate surface area is 199 Å². The number of thioether (sulfide) groups is 1. The Hall–Kier alpha value is -2.58. The van der Waals surface area contributed by atoms with E-state index >= 15 is 0 Å². The van der Waals surface area contributed by atoms with Crippen LogP contribution in [0.4, 0.5) is 10.5 Å². The summed E-state index contributed by atoms with van der Waals surface area (Å²) in [5.41, 5.74) is 2.12. The van der Waals surface area contributed by atoms with E-state index in [4.69, 9.17) is 0 Å². The van der Waals surface area contributed by atoms with Gasteiger partial charge in [0, 0.05) is 12.2 Å². The number of rotatable bonds is 6. The fourth-order valence-corrected chi connectivity index (χ4v) is 6.21. The molecule has 174 valence electrons. The Morgan fingerprint density at radius 3 is 2.27 bits per heavy atom. The molecule has 0 radical (unpaired) electrons. The first-order valence-electron chi connectivity index (χ1n) is 11.1. The van der Waals surface area contributed by atoms with Crippen molar-refractivity contribution < 1.29 is 18.0 Å². The highest BCUT2D eigenvalue weighted by atomic mass is 32.2. The second kappa shape index (κ2) is 9.35. The molecule has 1 saturated heterocycles. The number of sulfonamides is 1. The molecule has 2 amide bonds. The summed E-state index contributed by atoms with van der Waals surface area (Å²) in [5, 5.41) is -0.222. The molecule has 0 spiro atoms. The Bertz CT molecular complexity index is 1180. The minimum atomic E-state index is -3.68. The van der Waals surface area contributed by atoms with Gasteiger partial charge in [-0.15, -0.1) is 0 Å². The van der Waals surface area contributed by atoms with E-state index in [0.29, 0.717) is 17.1 Å². The van der Waals surface area contributed by atoms with E-state index in [2.05, 4.69) is 11.6 Å². The van der Waals surface area contributed by atoms with Crippen molar-refractivity contribution >= 4 is 44.7 Å². The maximum atomic E-state index is 12.9. The third-order valence-corrected chi connectivity index (χ3v) is 8.57. The average molecular weight is 485 g/mol. The Morgan fingerprint density at radius 2 is 1.64 bits per heavy atom. The zero-order chi connectivity index (χ0) is 23.6. The van der Waals surface area contributed by atoms with Gasteiger partial charge in [0.15, 0.2) is 0 Å². The first kappa shape index (κ1) is 23.6. The van der Waals surface area contributed by atoms with Gasteiger partial charge in [0.25, 0.3) is 21.2 Å². The molecule has 2 aromatic rings. The molecule has 33 heavy (non-hydrogen) atoms. The molecule has 8 heteroatoms. The number of benzene rings is 2. The molecular weight excluding hydrogens is 456 g/mol. The summed E-state index contributed by atoms with van der Waals surface area (Å²) in [6, 6.07) is 13.4. The van der Waals surface area contributed by atoms with E-state index < -0.39 is 10.0 Å². The fraction of sp³-hybridized carbons (Fsp3) is 0.360. The van der Waals surface area contributed by atoms with Crippen molar-refractivity contribution in [1.82, 2.24) is 4.90 Å². The van der Waals surface area contributed by atoms with Crippen LogP contribution in [0.3, 0.4) is 0 Å². The van der Waals surface area contributed by atoms with E-state index in [-0.39, 0.29) is 21.5 Å². The number of carbonyl (C=O) groups excluding carboxylic acids is 2. The molecule has 0 aromatic heterocycles. The predicted molar refractivity (Wildman–Crippen MR) is 132 cm³/mol. The molecule has 1 aliphatic carbocycles. The van der Waals surface area contributed by atoms with Crippen LogP contribution in [-0.2, 0) is 14.8 Å². The predicted octanol–water partition coefficient (Wildman–Crippen LogP) is 5.80. The lowest BCUT2D eigenvalue weighted by molar-refractivity contribution is -0.124. The third kappa shape index (κ3) is 5.50. The summed E-state index contributed by atoms with van der Waals surface area (Å²) in [6.45, 7) is 4.53. The van der Waals surface area contributed by atoms with Crippen LogP contribution in [0.1, 0.15) is 50.2 Å². The van der Waals surface area contributed by atoms with Gasteiger partial charge in [-0.3, -0.25) is 19.2 Å². The lowest BCUT2D eigenvalue weighted by Gasteiger charge is -2.35. The highest BCUT2D eigenvalue weighted by Gasteiger charge is 2.40. The van der Waals surface area contributed by atoms with Crippen LogP contribution in [0.2, 0.25) is 0 Å². The minimum Gasteiger partial charge on any atom is -0.280 e. The summed E-state index contributed by atoms with van der Waals surface area (Å²) in [5.74, 6) is -0.249. The number of amides is 2. The molecule has 1 heterocycles. The molecule has 6 nitrogen and oxygen atoms in total. The van der Waals surface area contributed by atoms with Gasteiger partial charge in [-0.05, 0) is 72.8 Å². The highest BCUT2D eigenvalue weighted by molar-refractivity contribution is 8.18. The number of carbonyl (C=O) groups is 2. The van der Waals surface area contributed by atoms with Gasteiger partial charge in [0.2, 0.25) is 0 Å². The van der Waals surface area contributed by atoms with Gasteiger partial charge in [0.1, 0.15) is 0 Å². The smallest absolute Gasteiger partial charge is 0.280 e. The molecule has 0 atom stereocenters. The van der Waals surface area contributed by atoms with Gasteiger partial charge < -0.3 is 0 Å². The van der Waals surface area contributed by atoms with E-state index in [1.165, 1.54) is 11.3 Å². The van der Waals surface area contributed by atoms with Crippen LogP contribution in [-0.4, -0.2) is 31.0 Å². The summed E-state index contributed by atoms with van der Waals surface area (Å²) >= 11 is 0.964. The zero-order valence-electron chi connectivity index (χ0n) is 18.8. The zero-order valence-corrected chi connectivity index (χ0v) is 20.5. The standard InChI is InChI=1S/C25H28N2O4S2/c1-18-6-12-21(13-7-18)33(30,31)26-20-10-8-19(9-11-20)16-22-23(28)27(24(29)32-22)17-25(2)14-4-3-5-15-25/h6-13,16,26H,3-5,14-15,17H2,1-2H3/b22-16-. The Kier molecular flexibility index (Phi) is 6.68. The topological polar surface area (TPSA) is 83.6 Å². The monoisotopic (exact) mass is 484 g/mol. The van der Waals surface area contributed by atoms with E-state index in [9.17, 15) is 18.0 Å². The molecule has 1 saturated carbocycles. The van der Waals surface area contributed by atoms with Crippen LogP contribution in [0.5, 0.6) is 0 Å². The first-order valence-corrected chi connectivity index (χ1v) is 13.4. The molecule has 0 unspecified atom stereocenters. The summed E-state index contributed by atoms with van der Waals surface area (Å²) < 4.78 is 27.7. The molecule has 0 bridgehead atoms. The molecule has 1 aliphatic heterocycles. The minimum absolute atomic E-state index is 0.00413. The quantitative estimate of drug-likeness (QED) is 0.524. The van der Waals surface area contributed by atoms with E-state index in [1.54, 1.807) is 54.6 Å². The first-order chi connectivity index (χ1) is 15.7.